The van der Waals surface area contributed by atoms with Gasteiger partial charge < -0.3 is 0 Å². The molecule has 0 fully saturated rings. The van der Waals surface area contributed by atoms with Crippen molar-refractivity contribution in [1.82, 2.24) is 9.97 Å². The Kier molecular flexibility index (Phi) is 4.26. The van der Waals surface area contributed by atoms with Crippen molar-refractivity contribution in [2.75, 3.05) is 0 Å². The van der Waals surface area contributed by atoms with Gasteiger partial charge in [-0.2, -0.15) is 0 Å². The van der Waals surface area contributed by atoms with Gasteiger partial charge >= 0.3 is 0 Å². The number of benzene rings is 4. The van der Waals surface area contributed by atoms with E-state index in [1.54, 1.807) is 0 Å². The average Bonchev–Trinajstić information content (AvgIpc) is 2.82. The molecule has 0 N–H and O–H groups in total. The topological polar surface area (TPSA) is 25.8 Å². The normalized spacial score (nSPS) is 11.4. The van der Waals surface area contributed by atoms with Crippen LogP contribution in [0.15, 0.2) is 97.1 Å². The molecule has 6 rings (SSSR count). The predicted octanol–water partition coefficient (Wildman–Crippen LogP) is 7.89. The first-order valence-corrected chi connectivity index (χ1v) is 10.9. The molecule has 0 bridgehead atoms. The second-order valence-electron chi connectivity index (χ2n) is 8.37. The van der Waals surface area contributed by atoms with Gasteiger partial charge in [-0.05, 0) is 47.9 Å². The summed E-state index contributed by atoms with van der Waals surface area (Å²) in [6.45, 7) is 4.10. The molecular formula is C30H22N2. The molecule has 6 aromatic rings. The van der Waals surface area contributed by atoms with Crippen LogP contribution in [0.3, 0.4) is 0 Å². The van der Waals surface area contributed by atoms with E-state index < -0.39 is 0 Å². The van der Waals surface area contributed by atoms with Crippen molar-refractivity contribution in [3.05, 3.63) is 108 Å². The molecule has 0 saturated carbocycles. The molecule has 32 heavy (non-hydrogen) atoms. The Morgan fingerprint density at radius 3 is 1.72 bits per heavy atom. The summed E-state index contributed by atoms with van der Waals surface area (Å²) < 4.78 is 0. The molecule has 0 atom stereocenters. The average molecular weight is 411 g/mol. The number of hydrogen-bond donors (Lipinski definition) is 0. The lowest BCUT2D eigenvalue weighted by atomic mass is 9.88. The zero-order valence-corrected chi connectivity index (χ0v) is 18.1. The van der Waals surface area contributed by atoms with E-state index in [9.17, 15) is 0 Å². The van der Waals surface area contributed by atoms with Gasteiger partial charge in [0.1, 0.15) is 0 Å². The van der Waals surface area contributed by atoms with Crippen LogP contribution in [0.2, 0.25) is 0 Å². The van der Waals surface area contributed by atoms with Crippen molar-refractivity contribution in [3.63, 3.8) is 0 Å². The summed E-state index contributed by atoms with van der Waals surface area (Å²) in [6, 6.07) is 34.4. The van der Waals surface area contributed by atoms with Crippen LogP contribution in [-0.2, 0) is 0 Å². The van der Waals surface area contributed by atoms with Crippen LogP contribution in [0, 0.1) is 13.8 Å². The van der Waals surface area contributed by atoms with Crippen molar-refractivity contribution in [2.45, 2.75) is 13.8 Å². The molecule has 152 valence electrons. The third-order valence-corrected chi connectivity index (χ3v) is 6.21. The summed E-state index contributed by atoms with van der Waals surface area (Å²) in [6.07, 6.45) is 0. The minimum absolute atomic E-state index is 1.02. The third kappa shape index (κ3) is 2.96. The summed E-state index contributed by atoms with van der Waals surface area (Å²) in [5.74, 6) is 0. The predicted molar refractivity (Wildman–Crippen MR) is 135 cm³/mol. The first kappa shape index (κ1) is 18.7. The molecule has 2 heterocycles. The number of para-hydroxylation sites is 2. The highest BCUT2D eigenvalue weighted by atomic mass is 14.7. The maximum atomic E-state index is 4.95. The first-order chi connectivity index (χ1) is 15.7. The Morgan fingerprint density at radius 2 is 1.00 bits per heavy atom. The highest BCUT2D eigenvalue weighted by molar-refractivity contribution is 6.11. The Hall–Kier alpha value is -4.04. The zero-order chi connectivity index (χ0) is 21.7. The minimum Gasteiger partial charge on any atom is -0.252 e. The Labute approximate surface area is 187 Å². The zero-order valence-electron chi connectivity index (χ0n) is 18.1. The fraction of sp³-hybridized carbons (Fsp3) is 0.0667. The second kappa shape index (κ2) is 7.28. The van der Waals surface area contributed by atoms with Gasteiger partial charge in [-0.25, -0.2) is 0 Å². The molecule has 0 aliphatic heterocycles. The Bertz CT molecular complexity index is 1650. The number of aryl methyl sites for hydroxylation is 2. The standard InChI is InChI=1S/C30H22N2/c1-19-13-15-22-8-5-11-26(29(22)31-19)25-18-17-21-7-3-4-10-24(21)28(25)27-12-6-9-23-16-14-20(2)32-30(23)27/h3-18H,1-2H3. The highest BCUT2D eigenvalue weighted by Crippen LogP contribution is 2.42. The monoisotopic (exact) mass is 410 g/mol. The third-order valence-electron chi connectivity index (χ3n) is 6.21. The lowest BCUT2D eigenvalue weighted by molar-refractivity contribution is 1.25. The summed E-state index contributed by atoms with van der Waals surface area (Å²) in [4.78, 5) is 9.88. The number of pyridine rings is 2. The van der Waals surface area contributed by atoms with E-state index in [1.165, 1.54) is 21.9 Å². The SMILES string of the molecule is Cc1ccc2cccc(-c3ccc4ccccc4c3-c3cccc4ccc(C)nc34)c2n1. The van der Waals surface area contributed by atoms with Crippen LogP contribution in [0.1, 0.15) is 11.4 Å². The van der Waals surface area contributed by atoms with E-state index in [2.05, 4.69) is 111 Å². The van der Waals surface area contributed by atoms with E-state index in [0.29, 0.717) is 0 Å². The van der Waals surface area contributed by atoms with Crippen LogP contribution >= 0.6 is 0 Å². The second-order valence-corrected chi connectivity index (χ2v) is 8.37. The first-order valence-electron chi connectivity index (χ1n) is 10.9. The largest absolute Gasteiger partial charge is 0.252 e. The number of hydrogen-bond acceptors (Lipinski definition) is 2. The van der Waals surface area contributed by atoms with Crippen molar-refractivity contribution in [2.24, 2.45) is 0 Å². The van der Waals surface area contributed by atoms with Crippen LogP contribution in [-0.4, -0.2) is 9.97 Å². The fourth-order valence-electron chi connectivity index (χ4n) is 4.69. The molecule has 0 unspecified atom stereocenters. The maximum Gasteiger partial charge on any atom is 0.0783 e. The molecule has 0 amide bonds. The van der Waals surface area contributed by atoms with E-state index >= 15 is 0 Å². The number of nitrogens with zero attached hydrogens (tertiary/aromatic N) is 2. The molecule has 0 aliphatic rings. The van der Waals surface area contributed by atoms with Crippen molar-refractivity contribution >= 4 is 32.6 Å². The number of aromatic nitrogens is 2. The molecule has 0 radical (unpaired) electrons. The quantitative estimate of drug-likeness (QED) is 0.290. The van der Waals surface area contributed by atoms with Crippen LogP contribution in [0.25, 0.3) is 54.8 Å². The number of fused-ring (bicyclic) bond motifs is 3. The van der Waals surface area contributed by atoms with Crippen molar-refractivity contribution in [1.29, 1.82) is 0 Å². The van der Waals surface area contributed by atoms with Gasteiger partial charge in [0.2, 0.25) is 0 Å². The highest BCUT2D eigenvalue weighted by Gasteiger charge is 2.17. The van der Waals surface area contributed by atoms with E-state index in [-0.39, 0.29) is 0 Å². The molecule has 0 saturated heterocycles. The molecule has 2 heteroatoms. The Morgan fingerprint density at radius 1 is 0.438 bits per heavy atom. The lowest BCUT2D eigenvalue weighted by Crippen LogP contribution is -1.94. The van der Waals surface area contributed by atoms with Gasteiger partial charge in [-0.3, -0.25) is 9.97 Å². The van der Waals surface area contributed by atoms with Gasteiger partial charge in [0.15, 0.2) is 0 Å². The molecule has 4 aromatic carbocycles. The number of rotatable bonds is 2. The van der Waals surface area contributed by atoms with Gasteiger partial charge in [0.25, 0.3) is 0 Å². The van der Waals surface area contributed by atoms with Gasteiger partial charge in [-0.1, -0.05) is 84.9 Å². The van der Waals surface area contributed by atoms with Crippen molar-refractivity contribution in [3.8, 4) is 22.3 Å². The molecule has 0 aliphatic carbocycles. The summed E-state index contributed by atoms with van der Waals surface area (Å²) in [7, 11) is 0. The molecular weight excluding hydrogens is 388 g/mol. The Balaban J connectivity index is 1.79. The molecule has 2 aromatic heterocycles. The van der Waals surface area contributed by atoms with Crippen molar-refractivity contribution < 1.29 is 0 Å². The molecule has 0 spiro atoms. The minimum atomic E-state index is 1.02. The van der Waals surface area contributed by atoms with E-state index in [1.807, 2.05) is 0 Å². The smallest absolute Gasteiger partial charge is 0.0783 e. The van der Waals surface area contributed by atoms with E-state index in [0.717, 1.165) is 44.3 Å². The lowest BCUT2D eigenvalue weighted by Gasteiger charge is -2.17. The van der Waals surface area contributed by atoms with Crippen LogP contribution < -0.4 is 0 Å². The summed E-state index contributed by atoms with van der Waals surface area (Å²) >= 11 is 0. The van der Waals surface area contributed by atoms with Crippen LogP contribution in [0.4, 0.5) is 0 Å². The maximum absolute atomic E-state index is 4.95. The summed E-state index contributed by atoms with van der Waals surface area (Å²) in [5, 5.41) is 4.75. The van der Waals surface area contributed by atoms with E-state index in [4.69, 9.17) is 9.97 Å². The van der Waals surface area contributed by atoms with Gasteiger partial charge in [-0.15, -0.1) is 0 Å². The molecule has 2 nitrogen and oxygen atoms in total. The van der Waals surface area contributed by atoms with Gasteiger partial charge in [0, 0.05) is 33.3 Å². The van der Waals surface area contributed by atoms with Crippen LogP contribution in [0.5, 0.6) is 0 Å². The van der Waals surface area contributed by atoms with Gasteiger partial charge in [0.05, 0.1) is 11.0 Å². The fourth-order valence-corrected chi connectivity index (χ4v) is 4.69. The summed E-state index contributed by atoms with van der Waals surface area (Å²) in [5.41, 5.74) is 8.82.